The summed E-state index contributed by atoms with van der Waals surface area (Å²) in [7, 11) is 0. The number of amides is 2. The first kappa shape index (κ1) is 17.2. The van der Waals surface area contributed by atoms with Crippen molar-refractivity contribution < 1.29 is 24.2 Å². The van der Waals surface area contributed by atoms with Crippen molar-refractivity contribution in [3.8, 4) is 5.75 Å². The molecule has 0 bridgehead atoms. The van der Waals surface area contributed by atoms with Gasteiger partial charge in [0.15, 0.2) is 6.61 Å². The van der Waals surface area contributed by atoms with E-state index in [9.17, 15) is 14.4 Å². The number of hydrogen-bond acceptors (Lipinski definition) is 4. The Balaban J connectivity index is 2.65. The molecule has 0 spiro atoms. The van der Waals surface area contributed by atoms with Gasteiger partial charge in [0.1, 0.15) is 11.8 Å². The molecular formula is C15H18N2O5. The molecule has 0 aliphatic heterocycles. The maximum atomic E-state index is 12.0. The number of carbonyl (C=O) groups excluding carboxylic acids is 2. The molecule has 2 amide bonds. The average Bonchev–Trinajstić information content (AvgIpc) is 2.49. The van der Waals surface area contributed by atoms with Crippen molar-refractivity contribution in [2.45, 2.75) is 18.9 Å². The lowest BCUT2D eigenvalue weighted by atomic mass is 10.1. The second-order valence-electron chi connectivity index (χ2n) is 4.51. The van der Waals surface area contributed by atoms with E-state index in [0.29, 0.717) is 12.2 Å². The molecule has 0 heterocycles. The number of nitrogens with two attached hydrogens (primary N) is 1. The van der Waals surface area contributed by atoms with Crippen LogP contribution in [-0.2, 0) is 9.59 Å². The highest BCUT2D eigenvalue weighted by Crippen LogP contribution is 2.12. The first-order chi connectivity index (χ1) is 10.4. The van der Waals surface area contributed by atoms with Crippen LogP contribution in [0.15, 0.2) is 36.9 Å². The molecule has 4 N–H and O–H groups in total. The molecule has 22 heavy (non-hydrogen) atoms. The van der Waals surface area contributed by atoms with Gasteiger partial charge in [-0.25, -0.2) is 4.79 Å². The number of allylic oxidation sites excluding steroid dienone is 1. The van der Waals surface area contributed by atoms with Crippen LogP contribution in [-0.4, -0.2) is 35.5 Å². The van der Waals surface area contributed by atoms with Crippen molar-refractivity contribution in [1.82, 2.24) is 5.32 Å². The average molecular weight is 306 g/mol. The van der Waals surface area contributed by atoms with Gasteiger partial charge in [0.2, 0.25) is 0 Å². The van der Waals surface area contributed by atoms with Crippen LogP contribution in [0.4, 0.5) is 0 Å². The van der Waals surface area contributed by atoms with E-state index < -0.39 is 23.8 Å². The first-order valence-electron chi connectivity index (χ1n) is 6.59. The summed E-state index contributed by atoms with van der Waals surface area (Å²) in [5.74, 6) is -1.82. The summed E-state index contributed by atoms with van der Waals surface area (Å²) in [4.78, 5) is 33.6. The lowest BCUT2D eigenvalue weighted by molar-refractivity contribution is -0.139. The molecule has 0 saturated carbocycles. The van der Waals surface area contributed by atoms with Gasteiger partial charge in [0.25, 0.3) is 11.8 Å². The van der Waals surface area contributed by atoms with E-state index in [2.05, 4.69) is 11.9 Å². The molecule has 1 aromatic rings. The van der Waals surface area contributed by atoms with E-state index in [0.717, 1.165) is 0 Å². The van der Waals surface area contributed by atoms with Crippen LogP contribution in [0.2, 0.25) is 0 Å². The van der Waals surface area contributed by atoms with Crippen molar-refractivity contribution in [3.63, 3.8) is 0 Å². The van der Waals surface area contributed by atoms with Gasteiger partial charge >= 0.3 is 5.97 Å². The van der Waals surface area contributed by atoms with E-state index in [-0.39, 0.29) is 18.6 Å². The fourth-order valence-electron chi connectivity index (χ4n) is 1.64. The van der Waals surface area contributed by atoms with Gasteiger partial charge in [-0.1, -0.05) is 6.08 Å². The fraction of sp³-hybridized carbons (Fsp3) is 0.267. The molecule has 0 saturated heterocycles. The maximum absolute atomic E-state index is 12.0. The van der Waals surface area contributed by atoms with Gasteiger partial charge in [-0.15, -0.1) is 6.58 Å². The number of carbonyl (C=O) groups is 3. The first-order valence-corrected chi connectivity index (χ1v) is 6.59. The number of benzene rings is 1. The van der Waals surface area contributed by atoms with Gasteiger partial charge in [-0.3, -0.25) is 9.59 Å². The van der Waals surface area contributed by atoms with Gasteiger partial charge in [0, 0.05) is 5.56 Å². The Morgan fingerprint density at radius 3 is 2.45 bits per heavy atom. The molecule has 7 nitrogen and oxygen atoms in total. The van der Waals surface area contributed by atoms with Crippen molar-refractivity contribution in [3.05, 3.63) is 42.5 Å². The minimum Gasteiger partial charge on any atom is -0.484 e. The number of aliphatic carboxylic acids is 1. The van der Waals surface area contributed by atoms with E-state index in [1.165, 1.54) is 24.3 Å². The van der Waals surface area contributed by atoms with Crippen molar-refractivity contribution in [1.29, 1.82) is 0 Å². The van der Waals surface area contributed by atoms with Crippen LogP contribution in [0.1, 0.15) is 23.2 Å². The second-order valence-corrected chi connectivity index (χ2v) is 4.51. The number of nitrogens with one attached hydrogen (secondary N) is 1. The van der Waals surface area contributed by atoms with Gasteiger partial charge in [-0.05, 0) is 37.1 Å². The maximum Gasteiger partial charge on any atom is 0.326 e. The lowest BCUT2D eigenvalue weighted by Gasteiger charge is -2.13. The monoisotopic (exact) mass is 306 g/mol. The van der Waals surface area contributed by atoms with Crippen LogP contribution in [0.5, 0.6) is 5.75 Å². The lowest BCUT2D eigenvalue weighted by Crippen LogP contribution is -2.40. The second kappa shape index (κ2) is 8.46. The molecule has 1 aromatic carbocycles. The zero-order chi connectivity index (χ0) is 16.5. The quantitative estimate of drug-likeness (QED) is 0.580. The summed E-state index contributed by atoms with van der Waals surface area (Å²) >= 11 is 0. The Morgan fingerprint density at radius 1 is 1.32 bits per heavy atom. The number of carboxylic acids is 1. The third-order valence-corrected chi connectivity index (χ3v) is 2.76. The zero-order valence-corrected chi connectivity index (χ0v) is 12.0. The number of hydrogen-bond donors (Lipinski definition) is 3. The highest BCUT2D eigenvalue weighted by molar-refractivity contribution is 5.96. The SMILES string of the molecule is C=CCCC(NC(=O)c1ccc(OCC(N)=O)cc1)C(=O)O. The Kier molecular flexibility index (Phi) is 6.62. The van der Waals surface area contributed by atoms with Crippen molar-refractivity contribution >= 4 is 17.8 Å². The minimum atomic E-state index is -1.10. The van der Waals surface area contributed by atoms with Crippen LogP contribution < -0.4 is 15.8 Å². The highest BCUT2D eigenvalue weighted by Gasteiger charge is 2.19. The van der Waals surface area contributed by atoms with E-state index in [4.69, 9.17) is 15.6 Å². The van der Waals surface area contributed by atoms with Crippen LogP contribution in [0.25, 0.3) is 0 Å². The molecular weight excluding hydrogens is 288 g/mol. The normalized spacial score (nSPS) is 11.3. The molecule has 118 valence electrons. The topological polar surface area (TPSA) is 119 Å². The third kappa shape index (κ3) is 5.66. The standard InChI is InChI=1S/C15H18N2O5/c1-2-3-4-12(15(20)21)17-14(19)10-5-7-11(8-6-10)22-9-13(16)18/h2,5-8,12H,1,3-4,9H2,(H2,16,18)(H,17,19)(H,20,21). The summed E-state index contributed by atoms with van der Waals surface area (Å²) in [5, 5.41) is 11.5. The third-order valence-electron chi connectivity index (χ3n) is 2.76. The van der Waals surface area contributed by atoms with E-state index in [1.807, 2.05) is 0 Å². The largest absolute Gasteiger partial charge is 0.484 e. The minimum absolute atomic E-state index is 0.256. The Hall–Kier alpha value is -2.83. The van der Waals surface area contributed by atoms with Crippen molar-refractivity contribution in [2.24, 2.45) is 5.73 Å². The van der Waals surface area contributed by atoms with Crippen LogP contribution in [0, 0.1) is 0 Å². The Bertz CT molecular complexity index is 554. The zero-order valence-electron chi connectivity index (χ0n) is 12.0. The molecule has 0 fully saturated rings. The summed E-state index contributed by atoms with van der Waals surface area (Å²) in [6, 6.07) is 4.96. The van der Waals surface area contributed by atoms with Gasteiger partial charge < -0.3 is 20.9 Å². The summed E-state index contributed by atoms with van der Waals surface area (Å²) in [6.45, 7) is 3.26. The molecule has 0 aromatic heterocycles. The van der Waals surface area contributed by atoms with E-state index >= 15 is 0 Å². The molecule has 0 aliphatic carbocycles. The van der Waals surface area contributed by atoms with E-state index in [1.54, 1.807) is 6.08 Å². The Labute approximate surface area is 127 Å². The molecule has 0 radical (unpaired) electrons. The fourth-order valence-corrected chi connectivity index (χ4v) is 1.64. The predicted molar refractivity (Wildman–Crippen MR) is 79.5 cm³/mol. The molecule has 0 aliphatic rings. The summed E-state index contributed by atoms with van der Waals surface area (Å²) in [5.41, 5.74) is 5.24. The smallest absolute Gasteiger partial charge is 0.326 e. The van der Waals surface area contributed by atoms with Gasteiger partial charge in [0.05, 0.1) is 0 Å². The molecule has 1 rings (SSSR count). The molecule has 1 unspecified atom stereocenters. The molecule has 1 atom stereocenters. The number of carboxylic acid groups (broad SMARTS) is 1. The summed E-state index contributed by atoms with van der Waals surface area (Å²) in [6.07, 6.45) is 2.34. The number of primary amides is 1. The van der Waals surface area contributed by atoms with Crippen LogP contribution in [0.3, 0.4) is 0 Å². The number of rotatable bonds is 9. The Morgan fingerprint density at radius 2 is 1.95 bits per heavy atom. The van der Waals surface area contributed by atoms with Gasteiger partial charge in [-0.2, -0.15) is 0 Å². The highest BCUT2D eigenvalue weighted by atomic mass is 16.5. The molecule has 7 heteroatoms. The summed E-state index contributed by atoms with van der Waals surface area (Å²) < 4.78 is 5.06. The van der Waals surface area contributed by atoms with Crippen LogP contribution >= 0.6 is 0 Å². The van der Waals surface area contributed by atoms with Crippen molar-refractivity contribution in [2.75, 3.05) is 6.61 Å². The predicted octanol–water partition coefficient (Wildman–Crippen LogP) is 0.700. The number of ether oxygens (including phenoxy) is 1.